The molecule has 0 aliphatic heterocycles. The molecule has 12 heavy (non-hydrogen) atoms. The van der Waals surface area contributed by atoms with Gasteiger partial charge in [-0.25, -0.2) is 0 Å². The van der Waals surface area contributed by atoms with Gasteiger partial charge in [0.1, 0.15) is 0 Å². The van der Waals surface area contributed by atoms with Gasteiger partial charge in [0, 0.05) is 17.9 Å². The molecule has 0 bridgehead atoms. The molecular weight excluding hydrogens is 148 g/mol. The molecule has 2 nitrogen and oxygen atoms in total. The highest BCUT2D eigenvalue weighted by molar-refractivity contribution is 5.21. The molecule has 1 rings (SSSR count). The molecule has 0 radical (unpaired) electrons. The smallest absolute Gasteiger partial charge is 0.0420 e. The van der Waals surface area contributed by atoms with Crippen LogP contribution in [0.2, 0.25) is 0 Å². The number of aryl methyl sites for hydroxylation is 2. The van der Waals surface area contributed by atoms with Crippen LogP contribution in [0, 0.1) is 13.8 Å². The molecule has 0 spiro atoms. The van der Waals surface area contributed by atoms with Crippen molar-refractivity contribution < 1.29 is 0 Å². The molecule has 0 aliphatic carbocycles. The summed E-state index contributed by atoms with van der Waals surface area (Å²) in [5.74, 6) is 0. The molecule has 0 saturated heterocycles. The van der Waals surface area contributed by atoms with E-state index in [9.17, 15) is 0 Å². The topological polar surface area (TPSA) is 24.9 Å². The van der Waals surface area contributed by atoms with Gasteiger partial charge < -0.3 is 5.32 Å². The van der Waals surface area contributed by atoms with Crippen molar-refractivity contribution in [1.82, 2.24) is 10.3 Å². The quantitative estimate of drug-likeness (QED) is 0.737. The second kappa shape index (κ2) is 4.21. The Morgan fingerprint density at radius 1 is 1.33 bits per heavy atom. The van der Waals surface area contributed by atoms with Crippen molar-refractivity contribution in [2.45, 2.75) is 27.3 Å². The average Bonchev–Trinajstić information content (AvgIpc) is 2.03. The molecular formula is C10H16N2. The van der Waals surface area contributed by atoms with E-state index in [0.717, 1.165) is 24.5 Å². The SMILES string of the molecule is CCNCc1ccc(C)nc1C. The molecule has 0 aromatic carbocycles. The van der Waals surface area contributed by atoms with Gasteiger partial charge in [0.05, 0.1) is 0 Å². The fourth-order valence-electron chi connectivity index (χ4n) is 1.16. The van der Waals surface area contributed by atoms with E-state index in [1.54, 1.807) is 0 Å². The fourth-order valence-corrected chi connectivity index (χ4v) is 1.16. The summed E-state index contributed by atoms with van der Waals surface area (Å²) in [7, 11) is 0. The highest BCUT2D eigenvalue weighted by atomic mass is 14.8. The van der Waals surface area contributed by atoms with E-state index in [0.29, 0.717) is 0 Å². The minimum atomic E-state index is 0.926. The molecule has 1 N–H and O–H groups in total. The van der Waals surface area contributed by atoms with Gasteiger partial charge >= 0.3 is 0 Å². The van der Waals surface area contributed by atoms with Crippen LogP contribution in [-0.2, 0) is 6.54 Å². The monoisotopic (exact) mass is 164 g/mol. The lowest BCUT2D eigenvalue weighted by Crippen LogP contribution is -2.13. The van der Waals surface area contributed by atoms with Crippen molar-refractivity contribution >= 4 is 0 Å². The van der Waals surface area contributed by atoms with Gasteiger partial charge in [0.2, 0.25) is 0 Å². The number of hydrogen-bond donors (Lipinski definition) is 1. The summed E-state index contributed by atoms with van der Waals surface area (Å²) in [4.78, 5) is 4.39. The van der Waals surface area contributed by atoms with Gasteiger partial charge in [0.15, 0.2) is 0 Å². The maximum atomic E-state index is 4.39. The minimum absolute atomic E-state index is 0.926. The lowest BCUT2D eigenvalue weighted by molar-refractivity contribution is 0.719. The van der Waals surface area contributed by atoms with Crippen LogP contribution < -0.4 is 5.32 Å². The van der Waals surface area contributed by atoms with Crippen LogP contribution in [0.4, 0.5) is 0 Å². The average molecular weight is 164 g/mol. The van der Waals surface area contributed by atoms with E-state index in [4.69, 9.17) is 0 Å². The molecule has 2 heteroatoms. The zero-order valence-electron chi connectivity index (χ0n) is 8.02. The highest BCUT2D eigenvalue weighted by Crippen LogP contribution is 2.05. The highest BCUT2D eigenvalue weighted by Gasteiger charge is 1.97. The summed E-state index contributed by atoms with van der Waals surface area (Å²) in [5.41, 5.74) is 3.52. The van der Waals surface area contributed by atoms with E-state index >= 15 is 0 Å². The van der Waals surface area contributed by atoms with Crippen molar-refractivity contribution in [3.8, 4) is 0 Å². The standard InChI is InChI=1S/C10H16N2/c1-4-11-7-10-6-5-8(2)12-9(10)3/h5-6,11H,4,7H2,1-3H3. The Balaban J connectivity index is 2.72. The molecule has 0 unspecified atom stereocenters. The third-order valence-corrected chi connectivity index (χ3v) is 1.90. The molecule has 0 aliphatic rings. The zero-order valence-corrected chi connectivity index (χ0v) is 8.02. The van der Waals surface area contributed by atoms with Crippen LogP contribution in [0.1, 0.15) is 23.9 Å². The molecule has 0 saturated carbocycles. The predicted molar refractivity (Wildman–Crippen MR) is 51.1 cm³/mol. The van der Waals surface area contributed by atoms with Crippen molar-refractivity contribution in [2.24, 2.45) is 0 Å². The van der Waals surface area contributed by atoms with Crippen LogP contribution in [0.25, 0.3) is 0 Å². The number of nitrogens with zero attached hydrogens (tertiary/aromatic N) is 1. The first-order chi connectivity index (χ1) is 5.74. The van der Waals surface area contributed by atoms with Gasteiger partial charge in [0.25, 0.3) is 0 Å². The van der Waals surface area contributed by atoms with Gasteiger partial charge in [-0.15, -0.1) is 0 Å². The summed E-state index contributed by atoms with van der Waals surface area (Å²) in [6, 6.07) is 4.19. The summed E-state index contributed by atoms with van der Waals surface area (Å²) in [6.07, 6.45) is 0. The second-order valence-electron chi connectivity index (χ2n) is 2.98. The van der Waals surface area contributed by atoms with Crippen molar-refractivity contribution in [3.05, 3.63) is 29.1 Å². The Morgan fingerprint density at radius 3 is 2.67 bits per heavy atom. The van der Waals surface area contributed by atoms with E-state index in [2.05, 4.69) is 36.3 Å². The molecule has 0 fully saturated rings. The van der Waals surface area contributed by atoms with Crippen LogP contribution in [0.3, 0.4) is 0 Å². The number of rotatable bonds is 3. The van der Waals surface area contributed by atoms with Crippen LogP contribution >= 0.6 is 0 Å². The lowest BCUT2D eigenvalue weighted by atomic mass is 10.2. The van der Waals surface area contributed by atoms with E-state index in [-0.39, 0.29) is 0 Å². The minimum Gasteiger partial charge on any atom is -0.313 e. The maximum Gasteiger partial charge on any atom is 0.0420 e. The third kappa shape index (κ3) is 2.31. The van der Waals surface area contributed by atoms with E-state index in [1.807, 2.05) is 6.92 Å². The molecule has 66 valence electrons. The Hall–Kier alpha value is -0.890. The Bertz CT molecular complexity index is 256. The zero-order chi connectivity index (χ0) is 8.97. The number of aromatic nitrogens is 1. The van der Waals surface area contributed by atoms with E-state index in [1.165, 1.54) is 5.56 Å². The number of hydrogen-bond acceptors (Lipinski definition) is 2. The van der Waals surface area contributed by atoms with Crippen LogP contribution in [0.15, 0.2) is 12.1 Å². The summed E-state index contributed by atoms with van der Waals surface area (Å²) in [5, 5.41) is 3.28. The van der Waals surface area contributed by atoms with Gasteiger partial charge in [-0.3, -0.25) is 4.98 Å². The number of nitrogens with one attached hydrogen (secondary N) is 1. The molecule has 1 aromatic heterocycles. The van der Waals surface area contributed by atoms with Crippen LogP contribution in [-0.4, -0.2) is 11.5 Å². The largest absolute Gasteiger partial charge is 0.313 e. The van der Waals surface area contributed by atoms with Crippen molar-refractivity contribution in [2.75, 3.05) is 6.54 Å². The van der Waals surface area contributed by atoms with Gasteiger partial charge in [-0.2, -0.15) is 0 Å². The first-order valence-corrected chi connectivity index (χ1v) is 4.38. The van der Waals surface area contributed by atoms with E-state index < -0.39 is 0 Å². The maximum absolute atomic E-state index is 4.39. The van der Waals surface area contributed by atoms with Crippen molar-refractivity contribution in [3.63, 3.8) is 0 Å². The van der Waals surface area contributed by atoms with Crippen LogP contribution in [0.5, 0.6) is 0 Å². The number of pyridine rings is 1. The molecule has 0 atom stereocenters. The van der Waals surface area contributed by atoms with Gasteiger partial charge in [-0.1, -0.05) is 13.0 Å². The Labute approximate surface area is 74.0 Å². The lowest BCUT2D eigenvalue weighted by Gasteiger charge is -2.05. The second-order valence-corrected chi connectivity index (χ2v) is 2.98. The summed E-state index contributed by atoms with van der Waals surface area (Å²) < 4.78 is 0. The first kappa shape index (κ1) is 9.20. The third-order valence-electron chi connectivity index (χ3n) is 1.90. The normalized spacial score (nSPS) is 10.2. The summed E-state index contributed by atoms with van der Waals surface area (Å²) in [6.45, 7) is 8.11. The molecule has 1 aromatic rings. The Morgan fingerprint density at radius 2 is 2.08 bits per heavy atom. The van der Waals surface area contributed by atoms with Crippen molar-refractivity contribution in [1.29, 1.82) is 0 Å². The summed E-state index contributed by atoms with van der Waals surface area (Å²) >= 11 is 0. The Kier molecular flexibility index (Phi) is 3.23. The van der Waals surface area contributed by atoms with Gasteiger partial charge in [-0.05, 0) is 32.0 Å². The molecule has 1 heterocycles. The first-order valence-electron chi connectivity index (χ1n) is 4.38. The predicted octanol–water partition coefficient (Wildman–Crippen LogP) is 1.81. The fraction of sp³-hybridized carbons (Fsp3) is 0.500. The molecule has 0 amide bonds.